The Morgan fingerprint density at radius 3 is 2.59 bits per heavy atom. The van der Waals surface area contributed by atoms with E-state index >= 15 is 0 Å². The Labute approximate surface area is 180 Å². The molecule has 158 valence electrons. The molecule has 1 amide bonds. The lowest BCUT2D eigenvalue weighted by Crippen LogP contribution is -2.46. The fourth-order valence-corrected chi connectivity index (χ4v) is 5.73. The minimum Gasteiger partial charge on any atom is -0.367 e. The summed E-state index contributed by atoms with van der Waals surface area (Å²) in [5.74, 6) is -0.414. The molecule has 1 aromatic heterocycles. The number of anilines is 2. The Hall–Kier alpha value is -1.65. The van der Waals surface area contributed by atoms with Gasteiger partial charge in [-0.15, -0.1) is 11.3 Å². The predicted octanol–water partition coefficient (Wildman–Crippen LogP) is 2.80. The van der Waals surface area contributed by atoms with Gasteiger partial charge in [0.25, 0.3) is 10.0 Å². The van der Waals surface area contributed by atoms with E-state index in [1.165, 1.54) is 13.1 Å². The van der Waals surface area contributed by atoms with Gasteiger partial charge in [0.05, 0.1) is 17.9 Å². The molecule has 0 spiro atoms. The number of sulfonamides is 1. The van der Waals surface area contributed by atoms with Crippen LogP contribution in [0.3, 0.4) is 0 Å². The monoisotopic (exact) mass is 456 g/mol. The van der Waals surface area contributed by atoms with E-state index in [1.807, 2.05) is 6.07 Å². The molecule has 29 heavy (non-hydrogen) atoms. The van der Waals surface area contributed by atoms with E-state index in [4.69, 9.17) is 11.6 Å². The van der Waals surface area contributed by atoms with Crippen molar-refractivity contribution in [3.8, 4) is 0 Å². The molecule has 0 radical (unpaired) electrons. The first-order chi connectivity index (χ1) is 13.8. The Morgan fingerprint density at radius 2 is 1.97 bits per heavy atom. The summed E-state index contributed by atoms with van der Waals surface area (Å²) in [6, 6.07) is 8.59. The Kier molecular flexibility index (Phi) is 7.18. The van der Waals surface area contributed by atoms with Gasteiger partial charge in [-0.05, 0) is 36.2 Å². The first-order valence-corrected chi connectivity index (χ1v) is 12.1. The van der Waals surface area contributed by atoms with Gasteiger partial charge in [0.1, 0.15) is 4.21 Å². The molecule has 1 fully saturated rings. The molecule has 2 aromatic rings. The van der Waals surface area contributed by atoms with Crippen LogP contribution in [0.2, 0.25) is 5.02 Å². The SMILES string of the molecule is CCN1CCN(c2ccc(Cl)cc2NC(=O)CN(C)S(=O)(=O)c2cccs2)CC1. The van der Waals surface area contributed by atoms with Gasteiger partial charge in [-0.1, -0.05) is 24.6 Å². The normalized spacial score (nSPS) is 15.7. The highest BCUT2D eigenvalue weighted by atomic mass is 35.5. The van der Waals surface area contributed by atoms with E-state index in [2.05, 4.69) is 22.0 Å². The first-order valence-electron chi connectivity index (χ1n) is 9.38. The van der Waals surface area contributed by atoms with E-state index in [9.17, 15) is 13.2 Å². The molecule has 2 heterocycles. The molecule has 3 rings (SSSR count). The number of thiophene rings is 1. The van der Waals surface area contributed by atoms with Crippen molar-refractivity contribution in [1.29, 1.82) is 0 Å². The van der Waals surface area contributed by atoms with Gasteiger partial charge < -0.3 is 15.1 Å². The number of likely N-dealkylation sites (N-methyl/N-ethyl adjacent to an activating group) is 2. The van der Waals surface area contributed by atoms with Crippen molar-refractivity contribution in [2.75, 3.05) is 56.5 Å². The summed E-state index contributed by atoms with van der Waals surface area (Å²) in [5, 5.41) is 5.04. The molecule has 0 saturated carbocycles. The second kappa shape index (κ2) is 9.44. The molecule has 0 aliphatic carbocycles. The summed E-state index contributed by atoms with van der Waals surface area (Å²) in [6.45, 7) is 6.49. The lowest BCUT2D eigenvalue weighted by atomic mass is 10.2. The molecule has 10 heteroatoms. The molecule has 0 bridgehead atoms. The Bertz CT molecular complexity index is 942. The maximum atomic E-state index is 12.6. The number of piperazine rings is 1. The van der Waals surface area contributed by atoms with Gasteiger partial charge in [0.2, 0.25) is 5.91 Å². The molecule has 1 aliphatic heterocycles. The number of nitrogens with one attached hydrogen (secondary N) is 1. The molecule has 7 nitrogen and oxygen atoms in total. The third-order valence-electron chi connectivity index (χ3n) is 4.92. The molecule has 1 saturated heterocycles. The highest BCUT2D eigenvalue weighted by molar-refractivity contribution is 7.91. The van der Waals surface area contributed by atoms with Gasteiger partial charge >= 0.3 is 0 Å². The highest BCUT2D eigenvalue weighted by Crippen LogP contribution is 2.30. The van der Waals surface area contributed by atoms with E-state index in [0.29, 0.717) is 10.7 Å². The van der Waals surface area contributed by atoms with Crippen molar-refractivity contribution in [2.24, 2.45) is 0 Å². The van der Waals surface area contributed by atoms with Crippen LogP contribution in [-0.2, 0) is 14.8 Å². The van der Waals surface area contributed by atoms with E-state index in [1.54, 1.807) is 23.6 Å². The zero-order valence-electron chi connectivity index (χ0n) is 16.5. The summed E-state index contributed by atoms with van der Waals surface area (Å²) >= 11 is 7.27. The minimum absolute atomic E-state index is 0.213. The zero-order chi connectivity index (χ0) is 21.0. The van der Waals surface area contributed by atoms with Gasteiger partial charge in [-0.3, -0.25) is 4.79 Å². The topological polar surface area (TPSA) is 73.0 Å². The van der Waals surface area contributed by atoms with Crippen LogP contribution in [0, 0.1) is 0 Å². The predicted molar refractivity (Wildman–Crippen MR) is 119 cm³/mol. The number of hydrogen-bond donors (Lipinski definition) is 1. The molecular weight excluding hydrogens is 432 g/mol. The van der Waals surface area contributed by atoms with E-state index in [0.717, 1.165) is 54.1 Å². The standard InChI is InChI=1S/C19H25ClN4O3S2/c1-3-23-8-10-24(11-9-23)17-7-6-15(20)13-16(17)21-18(25)14-22(2)29(26,27)19-5-4-12-28-19/h4-7,12-13H,3,8-11,14H2,1-2H3,(H,21,25). The number of hydrogen-bond acceptors (Lipinski definition) is 6. The van der Waals surface area contributed by atoms with Crippen molar-refractivity contribution in [1.82, 2.24) is 9.21 Å². The van der Waals surface area contributed by atoms with Crippen LogP contribution < -0.4 is 10.2 Å². The van der Waals surface area contributed by atoms with Gasteiger partial charge in [0.15, 0.2) is 0 Å². The number of carbonyl (C=O) groups excluding carboxylic acids is 1. The molecule has 1 N–H and O–H groups in total. The quantitative estimate of drug-likeness (QED) is 0.693. The van der Waals surface area contributed by atoms with Crippen LogP contribution >= 0.6 is 22.9 Å². The maximum Gasteiger partial charge on any atom is 0.252 e. The number of amides is 1. The van der Waals surface area contributed by atoms with Crippen molar-refractivity contribution < 1.29 is 13.2 Å². The number of benzene rings is 1. The van der Waals surface area contributed by atoms with Crippen LogP contribution in [0.4, 0.5) is 11.4 Å². The summed E-state index contributed by atoms with van der Waals surface area (Å²) in [6.07, 6.45) is 0. The number of nitrogens with zero attached hydrogens (tertiary/aromatic N) is 3. The average Bonchev–Trinajstić information content (AvgIpc) is 3.24. The van der Waals surface area contributed by atoms with Crippen molar-refractivity contribution >= 4 is 50.2 Å². The summed E-state index contributed by atoms with van der Waals surface area (Å²) in [4.78, 5) is 17.2. The van der Waals surface area contributed by atoms with Crippen molar-refractivity contribution in [3.05, 3.63) is 40.7 Å². The summed E-state index contributed by atoms with van der Waals surface area (Å²) in [7, 11) is -2.28. The Balaban J connectivity index is 1.71. The second-order valence-corrected chi connectivity index (χ2v) is 10.5. The third-order valence-corrected chi connectivity index (χ3v) is 8.33. The van der Waals surface area contributed by atoms with Crippen molar-refractivity contribution in [3.63, 3.8) is 0 Å². The first kappa shape index (κ1) is 22.0. The van der Waals surface area contributed by atoms with Crippen LogP contribution in [-0.4, -0.2) is 69.8 Å². The largest absolute Gasteiger partial charge is 0.367 e. The summed E-state index contributed by atoms with van der Waals surface area (Å²) < 4.78 is 26.3. The number of rotatable bonds is 7. The lowest BCUT2D eigenvalue weighted by molar-refractivity contribution is -0.116. The fraction of sp³-hybridized carbons (Fsp3) is 0.421. The number of halogens is 1. The average molecular weight is 457 g/mol. The maximum absolute atomic E-state index is 12.6. The summed E-state index contributed by atoms with van der Waals surface area (Å²) in [5.41, 5.74) is 1.48. The van der Waals surface area contributed by atoms with Gasteiger partial charge in [-0.25, -0.2) is 8.42 Å². The number of carbonyl (C=O) groups is 1. The van der Waals surface area contributed by atoms with Crippen molar-refractivity contribution in [2.45, 2.75) is 11.1 Å². The van der Waals surface area contributed by atoms with Crippen LogP contribution in [0.15, 0.2) is 39.9 Å². The van der Waals surface area contributed by atoms with Gasteiger partial charge in [0, 0.05) is 38.2 Å². The van der Waals surface area contributed by atoms with E-state index in [-0.39, 0.29) is 10.8 Å². The molecule has 1 aromatic carbocycles. The Morgan fingerprint density at radius 1 is 1.24 bits per heavy atom. The molecule has 0 unspecified atom stereocenters. The lowest BCUT2D eigenvalue weighted by Gasteiger charge is -2.36. The zero-order valence-corrected chi connectivity index (χ0v) is 18.9. The van der Waals surface area contributed by atoms with Crippen LogP contribution in [0.5, 0.6) is 0 Å². The molecule has 1 aliphatic rings. The van der Waals surface area contributed by atoms with E-state index < -0.39 is 15.9 Å². The van der Waals surface area contributed by atoms with Crippen LogP contribution in [0.1, 0.15) is 6.92 Å². The molecule has 0 atom stereocenters. The minimum atomic E-state index is -3.68. The fourth-order valence-electron chi connectivity index (χ4n) is 3.23. The smallest absolute Gasteiger partial charge is 0.252 e. The van der Waals surface area contributed by atoms with Gasteiger partial charge in [-0.2, -0.15) is 4.31 Å². The third kappa shape index (κ3) is 5.29. The van der Waals surface area contributed by atoms with Crippen LogP contribution in [0.25, 0.3) is 0 Å². The second-order valence-electron chi connectivity index (χ2n) is 6.82. The highest BCUT2D eigenvalue weighted by Gasteiger charge is 2.25. The molecular formula is C19H25ClN4O3S2.